The van der Waals surface area contributed by atoms with E-state index in [0.29, 0.717) is 39.8 Å². The van der Waals surface area contributed by atoms with Gasteiger partial charge in [0.1, 0.15) is 6.10 Å². The molecule has 10 rings (SSSR count). The van der Waals surface area contributed by atoms with Crippen LogP contribution in [0.4, 0.5) is 32.8 Å². The van der Waals surface area contributed by atoms with E-state index in [-0.39, 0.29) is 58.7 Å². The maximum Gasteiger partial charge on any atom is 0.407 e. The van der Waals surface area contributed by atoms with Crippen LogP contribution in [0.15, 0.2) is 75.5 Å². The normalized spacial score (nSPS) is 22.2. The number of nitrogens with one attached hydrogen (secondary N) is 7. The molecule has 4 aromatic heterocycles. The number of carbonyl (C=O) groups excluding carboxylic acids is 2. The number of hydrogen-bond donors (Lipinski definition) is 7. The molecule has 4 saturated carbocycles. The van der Waals surface area contributed by atoms with Crippen LogP contribution in [0.3, 0.4) is 0 Å². The van der Waals surface area contributed by atoms with Crippen molar-refractivity contribution in [1.82, 2.24) is 41.0 Å². The van der Waals surface area contributed by atoms with Crippen LogP contribution in [0.1, 0.15) is 138 Å². The molecule has 2 aromatic carbocycles. The zero-order valence-corrected chi connectivity index (χ0v) is 45.0. The van der Waals surface area contributed by atoms with E-state index < -0.39 is 25.6 Å². The first-order chi connectivity index (χ1) is 35.6. The number of carbonyl (C=O) groups is 2. The molecule has 4 aliphatic rings. The van der Waals surface area contributed by atoms with E-state index in [1.165, 1.54) is 6.39 Å². The summed E-state index contributed by atoms with van der Waals surface area (Å²) in [7, 11) is -6.16. The summed E-state index contributed by atoms with van der Waals surface area (Å²) in [5.41, 5.74) is 3.69. The number of amides is 2. The largest absolute Gasteiger partial charge is 0.447 e. The smallest absolute Gasteiger partial charge is 0.407 e. The highest BCUT2D eigenvalue weighted by Crippen LogP contribution is 2.45. The molecule has 0 spiro atoms. The lowest BCUT2D eigenvalue weighted by Crippen LogP contribution is -2.39. The van der Waals surface area contributed by atoms with Crippen molar-refractivity contribution in [3.8, 4) is 20.9 Å². The molecule has 7 N–H and O–H groups in total. The zero-order valence-electron chi connectivity index (χ0n) is 41.7. The van der Waals surface area contributed by atoms with Gasteiger partial charge in [-0.2, -0.15) is 5.10 Å². The van der Waals surface area contributed by atoms with Gasteiger partial charge in [0.15, 0.2) is 5.82 Å². The topological polar surface area (TPSA) is 276 Å². The van der Waals surface area contributed by atoms with Crippen LogP contribution in [0.2, 0.25) is 0 Å². The minimum absolute atomic E-state index is 0.0155. The van der Waals surface area contributed by atoms with Crippen LogP contribution in [-0.4, -0.2) is 85.8 Å². The molecule has 0 saturated heterocycles. The predicted octanol–water partition coefficient (Wildman–Crippen LogP) is 12.0. The van der Waals surface area contributed by atoms with Gasteiger partial charge in [-0.1, -0.05) is 23.7 Å². The molecule has 6 aromatic rings. The predicted molar refractivity (Wildman–Crippen MR) is 286 cm³/mol. The van der Waals surface area contributed by atoms with Crippen molar-refractivity contribution < 1.29 is 31.9 Å². The molecule has 3 unspecified atom stereocenters. The Bertz CT molecular complexity index is 3150. The molecule has 23 heteroatoms. The minimum Gasteiger partial charge on any atom is -0.447 e. The number of hydrogen-bond acceptors (Lipinski definition) is 18. The second-order valence-corrected chi connectivity index (χ2v) is 27.1. The summed E-state index contributed by atoms with van der Waals surface area (Å²) >= 11 is 3.17. The number of aromatic amines is 1. The molecule has 0 bridgehead atoms. The van der Waals surface area contributed by atoms with Crippen LogP contribution in [0.25, 0.3) is 20.9 Å². The van der Waals surface area contributed by atoms with Gasteiger partial charge < -0.3 is 35.2 Å². The number of thiazole rings is 2. The highest BCUT2D eigenvalue weighted by Gasteiger charge is 2.37. The molecule has 2 amide bonds. The number of anilines is 4. The monoisotopic (exact) mass is 1080 g/mol. The maximum atomic E-state index is 14.3. The van der Waals surface area contributed by atoms with E-state index in [4.69, 9.17) is 28.6 Å². The Kier molecular flexibility index (Phi) is 15.4. The van der Waals surface area contributed by atoms with Gasteiger partial charge in [-0.3, -0.25) is 5.10 Å². The molecule has 74 heavy (non-hydrogen) atoms. The van der Waals surface area contributed by atoms with E-state index in [0.717, 1.165) is 120 Å². The van der Waals surface area contributed by atoms with Crippen molar-refractivity contribution in [2.24, 2.45) is 0 Å². The zero-order chi connectivity index (χ0) is 51.6. The quantitative estimate of drug-likeness (QED) is 0.0397. The lowest BCUT2D eigenvalue weighted by atomic mass is 9.86. The van der Waals surface area contributed by atoms with Crippen LogP contribution >= 0.6 is 22.7 Å². The number of H-pyrrole nitrogens is 1. The molecule has 0 radical (unpaired) electrons. The molecule has 4 heterocycles. The molecule has 4 aliphatic carbocycles. The van der Waals surface area contributed by atoms with Crippen molar-refractivity contribution >= 4 is 77.5 Å². The highest BCUT2D eigenvalue weighted by atomic mass is 32.2. The molecule has 4 fully saturated rings. The third-order valence-corrected chi connectivity index (χ3v) is 21.7. The van der Waals surface area contributed by atoms with E-state index in [2.05, 4.69) is 41.7 Å². The molecule has 0 aliphatic heterocycles. The average Bonchev–Trinajstić information content (AvgIpc) is 3.76. The number of rotatable bonds is 19. The van der Waals surface area contributed by atoms with Gasteiger partial charge in [0.25, 0.3) is 0 Å². The van der Waals surface area contributed by atoms with E-state index >= 15 is 0 Å². The van der Waals surface area contributed by atoms with Crippen molar-refractivity contribution in [3.63, 3.8) is 0 Å². The summed E-state index contributed by atoms with van der Waals surface area (Å²) in [5, 5.41) is 29.3. The number of ether oxygens (including phenoxy) is 2. The van der Waals surface area contributed by atoms with Crippen LogP contribution in [0, 0.1) is 9.56 Å². The van der Waals surface area contributed by atoms with E-state index in [1.807, 2.05) is 69.6 Å². The Morgan fingerprint density at radius 3 is 1.77 bits per heavy atom. The van der Waals surface area contributed by atoms with Crippen molar-refractivity contribution in [1.29, 1.82) is 9.56 Å². The van der Waals surface area contributed by atoms with Gasteiger partial charge in [-0.25, -0.2) is 37.5 Å². The summed E-state index contributed by atoms with van der Waals surface area (Å²) in [5.74, 6) is 1.07. The van der Waals surface area contributed by atoms with Crippen molar-refractivity contribution in [2.75, 3.05) is 10.6 Å². The molecular weight excluding hydrogens is 1020 g/mol. The molecule has 19 nitrogen and oxygen atoms in total. The third-order valence-electron chi connectivity index (χ3n) is 14.5. The van der Waals surface area contributed by atoms with Crippen LogP contribution in [-0.2, 0) is 35.4 Å². The van der Waals surface area contributed by atoms with Crippen LogP contribution in [0.5, 0.6) is 0 Å². The Balaban J connectivity index is 0.696. The summed E-state index contributed by atoms with van der Waals surface area (Å²) in [6.45, 7) is 5.55. The van der Waals surface area contributed by atoms with Crippen molar-refractivity contribution in [2.45, 2.75) is 174 Å². The molecule has 394 valence electrons. The van der Waals surface area contributed by atoms with Gasteiger partial charge in [0.2, 0.25) is 6.39 Å². The van der Waals surface area contributed by atoms with Gasteiger partial charge in [-0.05, 0) is 135 Å². The van der Waals surface area contributed by atoms with Crippen molar-refractivity contribution in [3.05, 3.63) is 77.0 Å². The average molecular weight is 1090 g/mol. The first-order valence-corrected chi connectivity index (χ1v) is 30.6. The third kappa shape index (κ3) is 12.1. The van der Waals surface area contributed by atoms with Gasteiger partial charge >= 0.3 is 18.2 Å². The number of alkyl carbamates (subject to hydrolysis) is 2. The summed E-state index contributed by atoms with van der Waals surface area (Å²) in [4.78, 5) is 37.6. The van der Waals surface area contributed by atoms with Gasteiger partial charge in [0.05, 0.1) is 55.1 Å². The second kappa shape index (κ2) is 22.1. The molecule has 3 atom stereocenters. The lowest BCUT2D eigenvalue weighted by molar-refractivity contribution is 0.0967. The fourth-order valence-electron chi connectivity index (χ4n) is 10.0. The summed E-state index contributed by atoms with van der Waals surface area (Å²) in [6, 6.07) is 13.4. The Morgan fingerprint density at radius 2 is 1.27 bits per heavy atom. The molecular formula is C51H64N12O7S4. The fourth-order valence-corrected chi connectivity index (χ4v) is 16.5. The van der Waals surface area contributed by atoms with E-state index in [1.54, 1.807) is 28.7 Å². The van der Waals surface area contributed by atoms with Gasteiger partial charge in [-0.15, -0.1) is 27.8 Å². The Morgan fingerprint density at radius 1 is 0.730 bits per heavy atom. The summed E-state index contributed by atoms with van der Waals surface area (Å²) in [6.07, 6.45) is 15.5. The first kappa shape index (κ1) is 51.6. The second-order valence-electron chi connectivity index (χ2n) is 20.4. The SMILES string of the molecule is CC(C)OC(=O)N[C@H]1CC[C@H](c2ncc(-c3ccc(Nc4cc(CCC(C)OC(=O)NC5CCC(c6ncc(-c7ccc(Nc8nnco8)cc7S(=N)(=O)C7CC7)s6)CC5)[nH]n4)cc3S(=N)(=O)C3CCC3)s2)CC1. The minimum atomic E-state index is -3.11. The number of aryl methyl sites for hydroxylation is 1. The van der Waals surface area contributed by atoms with Gasteiger partial charge in [0, 0.05) is 81.1 Å². The lowest BCUT2D eigenvalue weighted by Gasteiger charge is -2.29. The number of nitrogens with zero attached hydrogens (tertiary/aromatic N) is 5. The highest BCUT2D eigenvalue weighted by molar-refractivity contribution is 7.93. The maximum absolute atomic E-state index is 14.3. The standard InChI is InChI=1S/C51H64N12O7S4/c1-29(2)69-50(64)59-33-13-8-31(9-14-33)47-54-26-42(71-47)40-21-17-35(23-44(40)73(52,66)38-5-4-6-38)57-46-25-37(61-62-46)12-7-30(3)70-51(65)60-34-15-10-32(11-16-34)48-55-27-43(72-48)41-22-18-36(58-49-63-56-28-68-49)24-45(41)74(53,67)39-19-20-39/h17-18,21-34,38-39,52-53H,4-16,19-20H2,1-3H3,(H,58,63)(H,59,64)(H,60,65)(H2,57,61,62)/t30?,31-,32?,33-,34?,73?,74?. The van der Waals surface area contributed by atoms with E-state index in [9.17, 15) is 22.8 Å². The first-order valence-electron chi connectivity index (χ1n) is 25.7. The summed E-state index contributed by atoms with van der Waals surface area (Å²) < 4.78 is 62.5. The Hall–Kier alpha value is -5.91. The fraction of sp³-hybridized carbons (Fsp3) is 0.510. The number of benzene rings is 2. The van der Waals surface area contributed by atoms with Crippen LogP contribution < -0.4 is 21.3 Å². The Labute approximate surface area is 439 Å². The number of aromatic nitrogens is 6.